The van der Waals surface area contributed by atoms with Crippen molar-refractivity contribution >= 4 is 17.6 Å². The first-order valence-corrected chi connectivity index (χ1v) is 8.40. The van der Waals surface area contributed by atoms with Crippen molar-refractivity contribution in [1.82, 2.24) is 10.2 Å². The third-order valence-electron chi connectivity index (χ3n) is 4.50. The van der Waals surface area contributed by atoms with Crippen LogP contribution in [0.4, 0.5) is 10.5 Å². The molecule has 6 nitrogen and oxygen atoms in total. The van der Waals surface area contributed by atoms with Gasteiger partial charge in [0.05, 0.1) is 7.11 Å². The molecule has 1 atom stereocenters. The summed E-state index contributed by atoms with van der Waals surface area (Å²) >= 11 is 0. The zero-order chi connectivity index (χ0) is 17.7. The lowest BCUT2D eigenvalue weighted by molar-refractivity contribution is -0.126. The van der Waals surface area contributed by atoms with Crippen LogP contribution in [0.15, 0.2) is 24.3 Å². The minimum atomic E-state index is -0.408. The van der Waals surface area contributed by atoms with Crippen LogP contribution in [0.5, 0.6) is 5.75 Å². The van der Waals surface area contributed by atoms with Crippen molar-refractivity contribution in [2.45, 2.75) is 51.6 Å². The van der Waals surface area contributed by atoms with Gasteiger partial charge >= 0.3 is 6.03 Å². The first-order valence-electron chi connectivity index (χ1n) is 8.40. The number of rotatable bonds is 5. The van der Waals surface area contributed by atoms with Gasteiger partial charge in [-0.1, -0.05) is 6.92 Å². The number of nitrogens with zero attached hydrogens (tertiary/aromatic N) is 1. The lowest BCUT2D eigenvalue weighted by Crippen LogP contribution is -2.53. The number of carbonyl (C=O) groups is 2. The summed E-state index contributed by atoms with van der Waals surface area (Å²) in [6.45, 7) is 6.60. The molecule has 0 saturated carbocycles. The standard InChI is InChI=1S/C18H27N3O3/c1-5-18(2,3)20-16(22)15-7-6-12-21(15)17(23)19-13-8-10-14(24-4)11-9-13/h8-11,15H,5-7,12H2,1-4H3,(H,19,23)(H,20,22). The Kier molecular flexibility index (Phi) is 5.70. The van der Waals surface area contributed by atoms with E-state index in [-0.39, 0.29) is 17.5 Å². The second-order valence-corrected chi connectivity index (χ2v) is 6.74. The highest BCUT2D eigenvalue weighted by Gasteiger charge is 2.35. The first-order chi connectivity index (χ1) is 11.4. The van der Waals surface area contributed by atoms with Gasteiger partial charge in [0.25, 0.3) is 0 Å². The van der Waals surface area contributed by atoms with Crippen LogP contribution in [-0.2, 0) is 4.79 Å². The molecule has 2 N–H and O–H groups in total. The third kappa shape index (κ3) is 4.40. The van der Waals surface area contributed by atoms with E-state index >= 15 is 0 Å². The van der Waals surface area contributed by atoms with E-state index in [0.717, 1.165) is 18.6 Å². The van der Waals surface area contributed by atoms with Gasteiger partial charge in [-0.3, -0.25) is 4.79 Å². The molecule has 132 valence electrons. The molecule has 1 aliphatic rings. The molecule has 6 heteroatoms. The monoisotopic (exact) mass is 333 g/mol. The Morgan fingerprint density at radius 2 is 1.96 bits per heavy atom. The maximum absolute atomic E-state index is 12.5. The summed E-state index contributed by atoms with van der Waals surface area (Å²) in [6.07, 6.45) is 2.37. The van der Waals surface area contributed by atoms with Gasteiger partial charge in [-0.25, -0.2) is 4.79 Å². The normalized spacial score (nSPS) is 17.5. The van der Waals surface area contributed by atoms with Crippen LogP contribution in [0.25, 0.3) is 0 Å². The van der Waals surface area contributed by atoms with Crippen molar-refractivity contribution in [2.75, 3.05) is 19.0 Å². The second kappa shape index (κ2) is 7.55. The second-order valence-electron chi connectivity index (χ2n) is 6.74. The van der Waals surface area contributed by atoms with E-state index in [1.807, 2.05) is 20.8 Å². The maximum Gasteiger partial charge on any atom is 0.322 e. The zero-order valence-electron chi connectivity index (χ0n) is 14.9. The van der Waals surface area contributed by atoms with Gasteiger partial charge in [-0.15, -0.1) is 0 Å². The SMILES string of the molecule is CCC(C)(C)NC(=O)C1CCCN1C(=O)Nc1ccc(OC)cc1. The molecule has 1 aromatic carbocycles. The largest absolute Gasteiger partial charge is 0.497 e. The van der Waals surface area contributed by atoms with Gasteiger partial charge in [0.2, 0.25) is 5.91 Å². The molecule has 0 spiro atoms. The number of carbonyl (C=O) groups excluding carboxylic acids is 2. The molecule has 1 aromatic rings. The summed E-state index contributed by atoms with van der Waals surface area (Å²) in [6, 6.07) is 6.48. The van der Waals surface area contributed by atoms with Gasteiger partial charge in [-0.2, -0.15) is 0 Å². The predicted molar refractivity (Wildman–Crippen MR) is 94.3 cm³/mol. The number of anilines is 1. The highest BCUT2D eigenvalue weighted by Crippen LogP contribution is 2.21. The number of urea groups is 1. The van der Waals surface area contributed by atoms with Crippen molar-refractivity contribution in [3.63, 3.8) is 0 Å². The molecule has 3 amide bonds. The smallest absolute Gasteiger partial charge is 0.322 e. The summed E-state index contributed by atoms with van der Waals surface area (Å²) < 4.78 is 5.10. The molecule has 0 aliphatic carbocycles. The van der Waals surface area contributed by atoms with Crippen LogP contribution in [0.3, 0.4) is 0 Å². The van der Waals surface area contributed by atoms with Crippen molar-refractivity contribution in [3.05, 3.63) is 24.3 Å². The number of benzene rings is 1. The highest BCUT2D eigenvalue weighted by molar-refractivity contribution is 5.94. The third-order valence-corrected chi connectivity index (χ3v) is 4.50. The average molecular weight is 333 g/mol. The van der Waals surface area contributed by atoms with Gasteiger partial charge in [0.1, 0.15) is 11.8 Å². The van der Waals surface area contributed by atoms with Gasteiger partial charge in [-0.05, 0) is 57.4 Å². The van der Waals surface area contributed by atoms with Crippen LogP contribution in [-0.4, -0.2) is 42.1 Å². The lowest BCUT2D eigenvalue weighted by atomic mass is 10.0. The average Bonchev–Trinajstić information content (AvgIpc) is 3.05. The number of ether oxygens (including phenoxy) is 1. The Morgan fingerprint density at radius 1 is 1.29 bits per heavy atom. The van der Waals surface area contributed by atoms with E-state index in [2.05, 4.69) is 10.6 Å². The number of likely N-dealkylation sites (tertiary alicyclic amines) is 1. The van der Waals surface area contributed by atoms with Crippen LogP contribution < -0.4 is 15.4 Å². The van der Waals surface area contributed by atoms with Crippen molar-refractivity contribution in [1.29, 1.82) is 0 Å². The Bertz CT molecular complexity index is 584. The number of hydrogen-bond donors (Lipinski definition) is 2. The van der Waals surface area contributed by atoms with E-state index in [1.54, 1.807) is 36.3 Å². The lowest BCUT2D eigenvalue weighted by Gasteiger charge is -2.30. The van der Waals surface area contributed by atoms with Crippen LogP contribution >= 0.6 is 0 Å². The number of amides is 3. The molecule has 24 heavy (non-hydrogen) atoms. The molecule has 1 fully saturated rings. The number of hydrogen-bond acceptors (Lipinski definition) is 3. The Hall–Kier alpha value is -2.24. The quantitative estimate of drug-likeness (QED) is 0.870. The van der Waals surface area contributed by atoms with Crippen LogP contribution in [0.2, 0.25) is 0 Å². The fourth-order valence-electron chi connectivity index (χ4n) is 2.66. The maximum atomic E-state index is 12.5. The molecule has 1 heterocycles. The van der Waals surface area contributed by atoms with E-state index < -0.39 is 6.04 Å². The molecular formula is C18H27N3O3. The van der Waals surface area contributed by atoms with Crippen LogP contribution in [0, 0.1) is 0 Å². The highest BCUT2D eigenvalue weighted by atomic mass is 16.5. The fourth-order valence-corrected chi connectivity index (χ4v) is 2.66. The summed E-state index contributed by atoms with van der Waals surface area (Å²) in [5.74, 6) is 0.650. The summed E-state index contributed by atoms with van der Waals surface area (Å²) in [4.78, 5) is 26.7. The molecule has 1 unspecified atom stereocenters. The molecular weight excluding hydrogens is 306 g/mol. The molecule has 0 bridgehead atoms. The van der Waals surface area contributed by atoms with Crippen molar-refractivity contribution < 1.29 is 14.3 Å². The topological polar surface area (TPSA) is 70.7 Å². The Balaban J connectivity index is 2.00. The van der Waals surface area contributed by atoms with E-state index in [9.17, 15) is 9.59 Å². The minimum Gasteiger partial charge on any atom is -0.497 e. The fraction of sp³-hybridized carbons (Fsp3) is 0.556. The van der Waals surface area contributed by atoms with Gasteiger partial charge in [0.15, 0.2) is 0 Å². The Labute approximate surface area is 143 Å². The van der Waals surface area contributed by atoms with Crippen LogP contribution in [0.1, 0.15) is 40.0 Å². The molecule has 0 radical (unpaired) electrons. The van der Waals surface area contributed by atoms with Gasteiger partial charge < -0.3 is 20.3 Å². The number of nitrogens with one attached hydrogen (secondary N) is 2. The van der Waals surface area contributed by atoms with E-state index in [0.29, 0.717) is 18.7 Å². The summed E-state index contributed by atoms with van der Waals surface area (Å²) in [5.41, 5.74) is 0.415. The number of methoxy groups -OCH3 is 1. The van der Waals surface area contributed by atoms with E-state index in [1.165, 1.54) is 0 Å². The van der Waals surface area contributed by atoms with E-state index in [4.69, 9.17) is 4.74 Å². The van der Waals surface area contributed by atoms with Crippen molar-refractivity contribution in [3.8, 4) is 5.75 Å². The molecule has 0 aromatic heterocycles. The molecule has 1 saturated heterocycles. The van der Waals surface area contributed by atoms with Gasteiger partial charge in [0, 0.05) is 17.8 Å². The summed E-state index contributed by atoms with van der Waals surface area (Å²) in [7, 11) is 1.60. The minimum absolute atomic E-state index is 0.0794. The molecule has 2 rings (SSSR count). The molecule has 1 aliphatic heterocycles. The van der Waals surface area contributed by atoms with Crippen molar-refractivity contribution in [2.24, 2.45) is 0 Å². The Morgan fingerprint density at radius 3 is 2.54 bits per heavy atom. The zero-order valence-corrected chi connectivity index (χ0v) is 14.9. The predicted octanol–water partition coefficient (Wildman–Crippen LogP) is 3.00. The first kappa shape index (κ1) is 18.1. The summed E-state index contributed by atoms with van der Waals surface area (Å²) in [5, 5.41) is 5.88.